The van der Waals surface area contributed by atoms with Gasteiger partial charge in [0.2, 0.25) is 4.38 Å². The van der Waals surface area contributed by atoms with Gasteiger partial charge >= 0.3 is 5.97 Å². The molecule has 0 bridgehead atoms. The SMILES string of the molecule is CCOC(=S)S[C@@H]1OCCC[C@@H]1CC(=O)OC. The van der Waals surface area contributed by atoms with Crippen molar-refractivity contribution in [3.05, 3.63) is 0 Å². The first-order valence-electron chi connectivity index (χ1n) is 5.69. The Labute approximate surface area is 111 Å². The van der Waals surface area contributed by atoms with Crippen molar-refractivity contribution >= 4 is 34.3 Å². The molecule has 0 aromatic heterocycles. The summed E-state index contributed by atoms with van der Waals surface area (Å²) in [4.78, 5) is 11.3. The summed E-state index contributed by atoms with van der Waals surface area (Å²) in [5.74, 6) is -0.0481. The highest BCUT2D eigenvalue weighted by atomic mass is 32.2. The normalized spacial score (nSPS) is 24.1. The van der Waals surface area contributed by atoms with Gasteiger partial charge in [-0.25, -0.2) is 0 Å². The Balaban J connectivity index is 2.47. The molecule has 4 nitrogen and oxygen atoms in total. The molecule has 0 N–H and O–H groups in total. The zero-order valence-electron chi connectivity index (χ0n) is 10.1. The number of methoxy groups -OCH3 is 1. The van der Waals surface area contributed by atoms with Crippen LogP contribution in [-0.2, 0) is 19.0 Å². The van der Waals surface area contributed by atoms with Gasteiger partial charge in [-0.1, -0.05) is 0 Å². The third kappa shape index (κ3) is 5.23. The summed E-state index contributed by atoms with van der Waals surface area (Å²) in [6.45, 7) is 3.16. The molecule has 6 heteroatoms. The van der Waals surface area contributed by atoms with Crippen molar-refractivity contribution in [2.24, 2.45) is 5.92 Å². The van der Waals surface area contributed by atoms with Gasteiger partial charge in [-0.15, -0.1) is 0 Å². The summed E-state index contributed by atoms with van der Waals surface area (Å²) in [5, 5.41) is 0. The van der Waals surface area contributed by atoms with E-state index in [0.717, 1.165) is 12.8 Å². The molecule has 0 amide bonds. The van der Waals surface area contributed by atoms with Crippen LogP contribution in [0.2, 0.25) is 0 Å². The molecule has 0 unspecified atom stereocenters. The lowest BCUT2D eigenvalue weighted by atomic mass is 9.98. The van der Waals surface area contributed by atoms with E-state index in [9.17, 15) is 4.79 Å². The first kappa shape index (κ1) is 14.7. The average molecular weight is 278 g/mol. The summed E-state index contributed by atoms with van der Waals surface area (Å²) in [6, 6.07) is 0. The standard InChI is InChI=1S/C11H18O4S2/c1-3-14-11(16)17-10-8(5-4-6-15-10)7-9(12)13-2/h8,10H,3-7H2,1-2H3/t8-,10+/m1/s1. The van der Waals surface area contributed by atoms with Crippen LogP contribution in [0, 0.1) is 5.92 Å². The van der Waals surface area contributed by atoms with Crippen molar-refractivity contribution in [1.82, 2.24) is 0 Å². The van der Waals surface area contributed by atoms with Gasteiger partial charge in [0.25, 0.3) is 0 Å². The highest BCUT2D eigenvalue weighted by Gasteiger charge is 2.30. The number of esters is 1. The first-order valence-corrected chi connectivity index (χ1v) is 6.98. The molecule has 1 aliphatic rings. The lowest BCUT2D eigenvalue weighted by Crippen LogP contribution is -2.30. The van der Waals surface area contributed by atoms with E-state index in [1.807, 2.05) is 6.92 Å². The topological polar surface area (TPSA) is 44.8 Å². The lowest BCUT2D eigenvalue weighted by molar-refractivity contribution is -0.143. The van der Waals surface area contributed by atoms with E-state index in [1.54, 1.807) is 0 Å². The van der Waals surface area contributed by atoms with Crippen molar-refractivity contribution in [1.29, 1.82) is 0 Å². The van der Waals surface area contributed by atoms with Gasteiger partial charge in [-0.05, 0) is 43.7 Å². The summed E-state index contributed by atoms with van der Waals surface area (Å²) in [5.41, 5.74) is -0.0955. The largest absolute Gasteiger partial charge is 0.479 e. The van der Waals surface area contributed by atoms with Crippen LogP contribution >= 0.6 is 24.0 Å². The van der Waals surface area contributed by atoms with Crippen LogP contribution in [0.4, 0.5) is 0 Å². The molecule has 0 saturated carbocycles. The fraction of sp³-hybridized carbons (Fsp3) is 0.818. The second kappa shape index (κ2) is 7.89. The van der Waals surface area contributed by atoms with E-state index in [4.69, 9.17) is 21.7 Å². The number of carbonyl (C=O) groups is 1. The molecule has 1 heterocycles. The van der Waals surface area contributed by atoms with Crippen LogP contribution in [0.3, 0.4) is 0 Å². The second-order valence-electron chi connectivity index (χ2n) is 3.72. The molecule has 1 saturated heterocycles. The maximum absolute atomic E-state index is 11.3. The molecule has 17 heavy (non-hydrogen) atoms. The second-order valence-corrected chi connectivity index (χ2v) is 5.42. The molecule has 2 atom stereocenters. The van der Waals surface area contributed by atoms with Crippen LogP contribution in [0.15, 0.2) is 0 Å². The predicted octanol–water partition coefficient (Wildman–Crippen LogP) is 2.36. The summed E-state index contributed by atoms with van der Waals surface area (Å²) < 4.78 is 16.0. The van der Waals surface area contributed by atoms with E-state index in [0.29, 0.717) is 24.0 Å². The van der Waals surface area contributed by atoms with Gasteiger partial charge in [0.05, 0.1) is 20.1 Å². The third-order valence-electron chi connectivity index (χ3n) is 2.52. The Kier molecular flexibility index (Phi) is 6.84. The van der Waals surface area contributed by atoms with Gasteiger partial charge < -0.3 is 14.2 Å². The number of hydrogen-bond acceptors (Lipinski definition) is 6. The van der Waals surface area contributed by atoms with Crippen LogP contribution in [0.5, 0.6) is 0 Å². The maximum atomic E-state index is 11.3. The third-order valence-corrected chi connectivity index (χ3v) is 3.99. The van der Waals surface area contributed by atoms with Gasteiger partial charge in [0.1, 0.15) is 5.44 Å². The molecule has 0 aromatic carbocycles. The van der Waals surface area contributed by atoms with Gasteiger partial charge in [-0.3, -0.25) is 4.79 Å². The minimum absolute atomic E-state index is 0.0955. The summed E-state index contributed by atoms with van der Waals surface area (Å²) in [7, 11) is 1.40. The number of hydrogen-bond donors (Lipinski definition) is 0. The van der Waals surface area contributed by atoms with Crippen LogP contribution in [0.1, 0.15) is 26.2 Å². The zero-order chi connectivity index (χ0) is 12.7. The van der Waals surface area contributed by atoms with E-state index in [2.05, 4.69) is 4.74 Å². The number of carbonyl (C=O) groups excluding carboxylic acids is 1. The number of ether oxygens (including phenoxy) is 3. The first-order chi connectivity index (χ1) is 8.17. The molecule has 98 valence electrons. The quantitative estimate of drug-likeness (QED) is 0.581. The average Bonchev–Trinajstić information content (AvgIpc) is 2.31. The van der Waals surface area contributed by atoms with Crippen LogP contribution in [-0.4, -0.2) is 36.1 Å². The van der Waals surface area contributed by atoms with Crippen LogP contribution in [0.25, 0.3) is 0 Å². The Hall–Kier alpha value is -0.330. The molecule has 0 aliphatic carbocycles. The highest BCUT2D eigenvalue weighted by molar-refractivity contribution is 8.22. The summed E-state index contributed by atoms with van der Waals surface area (Å²) >= 11 is 6.46. The zero-order valence-corrected chi connectivity index (χ0v) is 11.8. The molecular formula is C11H18O4S2. The molecular weight excluding hydrogens is 260 g/mol. The Morgan fingerprint density at radius 2 is 2.35 bits per heavy atom. The van der Waals surface area contributed by atoms with E-state index < -0.39 is 0 Å². The van der Waals surface area contributed by atoms with E-state index in [-0.39, 0.29) is 17.3 Å². The fourth-order valence-electron chi connectivity index (χ4n) is 1.69. The highest BCUT2D eigenvalue weighted by Crippen LogP contribution is 2.32. The Morgan fingerprint density at radius 3 is 3.00 bits per heavy atom. The number of thioether (sulfide) groups is 1. The minimum Gasteiger partial charge on any atom is -0.479 e. The van der Waals surface area contributed by atoms with Crippen LogP contribution < -0.4 is 0 Å². The summed E-state index contributed by atoms with van der Waals surface area (Å²) in [6.07, 6.45) is 2.31. The molecule has 0 radical (unpaired) electrons. The van der Waals surface area contributed by atoms with E-state index in [1.165, 1.54) is 18.9 Å². The molecule has 1 rings (SSSR count). The molecule has 0 spiro atoms. The Bertz CT molecular complexity index is 270. The molecule has 1 fully saturated rings. The molecule has 1 aliphatic heterocycles. The molecule has 0 aromatic rings. The predicted molar refractivity (Wildman–Crippen MR) is 70.9 cm³/mol. The van der Waals surface area contributed by atoms with Crippen molar-refractivity contribution < 1.29 is 19.0 Å². The van der Waals surface area contributed by atoms with Gasteiger partial charge in [0.15, 0.2) is 0 Å². The van der Waals surface area contributed by atoms with E-state index >= 15 is 0 Å². The number of thiocarbonyl (C=S) groups is 1. The van der Waals surface area contributed by atoms with Crippen molar-refractivity contribution in [2.75, 3.05) is 20.3 Å². The maximum Gasteiger partial charge on any atom is 0.305 e. The fourth-order valence-corrected chi connectivity index (χ4v) is 3.06. The van der Waals surface area contributed by atoms with Gasteiger partial charge in [-0.2, -0.15) is 0 Å². The lowest BCUT2D eigenvalue weighted by Gasteiger charge is -2.30. The monoisotopic (exact) mass is 278 g/mol. The van der Waals surface area contributed by atoms with Gasteiger partial charge in [0, 0.05) is 12.5 Å². The minimum atomic E-state index is -0.201. The smallest absolute Gasteiger partial charge is 0.305 e. The van der Waals surface area contributed by atoms with Crippen molar-refractivity contribution in [2.45, 2.75) is 31.6 Å². The van der Waals surface area contributed by atoms with Crippen molar-refractivity contribution in [3.63, 3.8) is 0 Å². The number of rotatable bonds is 4. The van der Waals surface area contributed by atoms with Crippen molar-refractivity contribution in [3.8, 4) is 0 Å². The Morgan fingerprint density at radius 1 is 1.59 bits per heavy atom.